The molecule has 9 heavy (non-hydrogen) atoms. The quantitative estimate of drug-likeness (QED) is 0.705. The number of halogens is 1. The molecular formula is C5H8INO2. The lowest BCUT2D eigenvalue weighted by atomic mass is 10.1. The van der Waals surface area contributed by atoms with Crippen molar-refractivity contribution in [3.05, 3.63) is 10.2 Å². The molecule has 0 rings (SSSR count). The van der Waals surface area contributed by atoms with Crippen molar-refractivity contribution in [1.82, 2.24) is 0 Å². The van der Waals surface area contributed by atoms with Crippen LogP contribution in [0.4, 0.5) is 0 Å². The van der Waals surface area contributed by atoms with Crippen LogP contribution >= 0.6 is 22.6 Å². The van der Waals surface area contributed by atoms with E-state index in [9.17, 15) is 4.79 Å². The van der Waals surface area contributed by atoms with Crippen molar-refractivity contribution >= 4 is 28.6 Å². The lowest BCUT2D eigenvalue weighted by Gasteiger charge is -2.11. The monoisotopic (exact) mass is 245 g/mol. The van der Waals surface area contributed by atoms with E-state index in [4.69, 9.17) is 10.8 Å². The molecular weight excluding hydrogens is 237 g/mol. The molecule has 0 bridgehead atoms. The average Bonchev–Trinajstić information content (AvgIpc) is 1.65. The Morgan fingerprint density at radius 3 is 2.44 bits per heavy atom. The number of carboxylic acids is 1. The van der Waals surface area contributed by atoms with Gasteiger partial charge >= 0.3 is 5.97 Å². The summed E-state index contributed by atoms with van der Waals surface area (Å²) in [5, 5.41) is 8.39. The van der Waals surface area contributed by atoms with E-state index in [2.05, 4.69) is 0 Å². The second kappa shape index (κ2) is 3.17. The molecule has 0 heterocycles. The van der Waals surface area contributed by atoms with Crippen molar-refractivity contribution in [2.45, 2.75) is 12.5 Å². The van der Waals surface area contributed by atoms with E-state index < -0.39 is 11.5 Å². The van der Waals surface area contributed by atoms with Gasteiger partial charge < -0.3 is 10.8 Å². The zero-order valence-electron chi connectivity index (χ0n) is 4.97. The maximum Gasteiger partial charge on any atom is 0.327 e. The molecule has 0 aromatic rings. The Balaban J connectivity index is 4.19. The van der Waals surface area contributed by atoms with E-state index >= 15 is 0 Å². The molecule has 3 N–H and O–H groups in total. The molecule has 0 unspecified atom stereocenters. The zero-order chi connectivity index (χ0) is 7.49. The molecule has 0 aliphatic rings. The number of hydrogen-bond acceptors (Lipinski definition) is 2. The standard InChI is InChI=1S/C5H8INO2/c1-5(7,2-3-6)4(8)9/h2-3H,7H2,1H3,(H,8,9)/b3-2+/t5-/m1/s1/i6+4. The lowest BCUT2D eigenvalue weighted by molar-refractivity contribution is -0.140. The first-order chi connectivity index (χ1) is 4.00. The molecule has 0 fully saturated rings. The predicted octanol–water partition coefficient (Wildman–Crippen LogP) is 0.737. The first kappa shape index (κ1) is 8.90. The average molecular weight is 245 g/mol. The van der Waals surface area contributed by atoms with Crippen molar-refractivity contribution < 1.29 is 9.90 Å². The van der Waals surface area contributed by atoms with Gasteiger partial charge in [0, 0.05) is 0 Å². The number of nitrogens with two attached hydrogens (primary N) is 1. The first-order valence-corrected chi connectivity index (χ1v) is 3.55. The molecule has 4 heteroatoms. The van der Waals surface area contributed by atoms with Crippen LogP contribution < -0.4 is 5.73 Å². The van der Waals surface area contributed by atoms with Crippen LogP contribution in [0.2, 0.25) is 0 Å². The molecule has 0 saturated carbocycles. The minimum atomic E-state index is -1.22. The molecule has 3 nitrogen and oxygen atoms in total. The highest BCUT2D eigenvalue weighted by Gasteiger charge is 2.23. The van der Waals surface area contributed by atoms with Crippen molar-refractivity contribution in [2.75, 3.05) is 0 Å². The van der Waals surface area contributed by atoms with Crippen molar-refractivity contribution in [3.63, 3.8) is 0 Å². The van der Waals surface area contributed by atoms with E-state index in [0.717, 1.165) is 0 Å². The highest BCUT2D eigenvalue weighted by Crippen LogP contribution is 2.02. The number of carbonyl (C=O) groups is 1. The summed E-state index contributed by atoms with van der Waals surface area (Å²) in [5.41, 5.74) is 4.06. The maximum absolute atomic E-state index is 10.2. The van der Waals surface area contributed by atoms with Crippen LogP contribution in [0.15, 0.2) is 10.2 Å². The fraction of sp³-hybridized carbons (Fsp3) is 0.400. The molecule has 0 amide bonds. The fourth-order valence-electron chi connectivity index (χ4n) is 0.202. The topological polar surface area (TPSA) is 63.3 Å². The Labute approximate surface area is 67.1 Å². The number of rotatable bonds is 2. The molecule has 1 atom stereocenters. The second-order valence-electron chi connectivity index (χ2n) is 1.88. The molecule has 0 aliphatic carbocycles. The van der Waals surface area contributed by atoms with E-state index in [0.29, 0.717) is 0 Å². The summed E-state index contributed by atoms with van der Waals surface area (Å²) >= 11 is 1.92. The zero-order valence-corrected chi connectivity index (χ0v) is 7.12. The van der Waals surface area contributed by atoms with Crippen LogP contribution in [-0.4, -0.2) is 16.6 Å². The van der Waals surface area contributed by atoms with E-state index in [-0.39, 0.29) is 0 Å². The summed E-state index contributed by atoms with van der Waals surface area (Å²) in [7, 11) is 0. The minimum Gasteiger partial charge on any atom is -0.480 e. The smallest absolute Gasteiger partial charge is 0.327 e. The molecule has 0 aromatic carbocycles. The van der Waals surface area contributed by atoms with Gasteiger partial charge in [0.05, 0.1) is 0 Å². The summed E-state index contributed by atoms with van der Waals surface area (Å²) in [4.78, 5) is 10.2. The van der Waals surface area contributed by atoms with E-state index in [1.165, 1.54) is 13.0 Å². The number of hydrogen-bond donors (Lipinski definition) is 2. The van der Waals surface area contributed by atoms with Crippen molar-refractivity contribution in [1.29, 1.82) is 0 Å². The predicted molar refractivity (Wildman–Crippen MR) is 43.4 cm³/mol. The molecule has 0 saturated heterocycles. The van der Waals surface area contributed by atoms with Crippen LogP contribution in [0.3, 0.4) is 0 Å². The third kappa shape index (κ3) is 2.81. The Kier molecular flexibility index (Phi) is 3.13. The van der Waals surface area contributed by atoms with E-state index in [1.54, 1.807) is 4.08 Å². The highest BCUT2D eigenvalue weighted by molar-refractivity contribution is 14.1. The number of aliphatic carboxylic acids is 1. The Morgan fingerprint density at radius 1 is 1.89 bits per heavy atom. The summed E-state index contributed by atoms with van der Waals surface area (Å²) < 4.78 is 1.59. The molecule has 52 valence electrons. The van der Waals surface area contributed by atoms with E-state index in [1.807, 2.05) is 22.6 Å². The molecule has 0 aliphatic heterocycles. The maximum atomic E-state index is 10.2. The van der Waals surface area contributed by atoms with Crippen LogP contribution in [-0.2, 0) is 4.79 Å². The Hall–Kier alpha value is -0.100. The Bertz CT molecular complexity index is 142. The van der Waals surface area contributed by atoms with Gasteiger partial charge in [-0.1, -0.05) is 22.6 Å². The molecule has 0 spiro atoms. The lowest BCUT2D eigenvalue weighted by Crippen LogP contribution is -2.42. The third-order valence-corrected chi connectivity index (χ3v) is 1.23. The Morgan fingerprint density at radius 2 is 2.33 bits per heavy atom. The fourth-order valence-corrected chi connectivity index (χ4v) is 0.949. The van der Waals surface area contributed by atoms with Crippen molar-refractivity contribution in [3.8, 4) is 0 Å². The van der Waals surface area contributed by atoms with Crippen molar-refractivity contribution in [2.24, 2.45) is 5.73 Å². The van der Waals surface area contributed by atoms with Gasteiger partial charge in [0.2, 0.25) is 0 Å². The van der Waals surface area contributed by atoms with Gasteiger partial charge in [-0.05, 0) is 17.1 Å². The van der Waals surface area contributed by atoms with Gasteiger partial charge in [-0.25, -0.2) is 4.79 Å². The van der Waals surface area contributed by atoms with Gasteiger partial charge in [-0.2, -0.15) is 0 Å². The van der Waals surface area contributed by atoms with Gasteiger partial charge in [-0.3, -0.25) is 0 Å². The van der Waals surface area contributed by atoms with Gasteiger partial charge in [0.25, 0.3) is 0 Å². The van der Waals surface area contributed by atoms with Crippen LogP contribution in [0.1, 0.15) is 6.92 Å². The second-order valence-corrected chi connectivity index (χ2v) is 2.60. The normalized spacial score (nSPS) is 17.7. The van der Waals surface area contributed by atoms with Crippen LogP contribution in [0.5, 0.6) is 0 Å². The summed E-state index contributed by atoms with van der Waals surface area (Å²) in [6, 6.07) is 0. The van der Waals surface area contributed by atoms with Gasteiger partial charge in [0.15, 0.2) is 0 Å². The minimum absolute atomic E-state index is 1.02. The van der Waals surface area contributed by atoms with Gasteiger partial charge in [0.1, 0.15) is 5.54 Å². The highest BCUT2D eigenvalue weighted by atomic mass is 131. The van der Waals surface area contributed by atoms with Crippen LogP contribution in [0, 0.1) is 0 Å². The first-order valence-electron chi connectivity index (χ1n) is 2.31. The summed E-state index contributed by atoms with van der Waals surface area (Å²) in [6.45, 7) is 1.44. The molecule has 0 radical (unpaired) electrons. The largest absolute Gasteiger partial charge is 0.480 e. The van der Waals surface area contributed by atoms with Crippen LogP contribution in [0.25, 0.3) is 0 Å². The SMILES string of the molecule is C[C@@](N)(/C=C/[131I])C(=O)O. The number of carboxylic acid groups (broad SMARTS) is 1. The summed E-state index contributed by atoms with van der Waals surface area (Å²) in [6.07, 6.45) is 1.43. The molecule has 0 aromatic heterocycles. The summed E-state index contributed by atoms with van der Waals surface area (Å²) in [5.74, 6) is -1.02. The van der Waals surface area contributed by atoms with Gasteiger partial charge in [-0.15, -0.1) is 0 Å². The third-order valence-electron chi connectivity index (χ3n) is 0.870.